The van der Waals surface area contributed by atoms with Gasteiger partial charge in [-0.2, -0.15) is 0 Å². The van der Waals surface area contributed by atoms with Gasteiger partial charge in [-0.1, -0.05) is 40.2 Å². The van der Waals surface area contributed by atoms with Gasteiger partial charge in [-0.25, -0.2) is 14.8 Å². The molecule has 1 aliphatic carbocycles. The number of imidazole rings is 1. The molecule has 1 atom stereocenters. The minimum atomic E-state index is -0.775. The smallest absolute Gasteiger partial charge is 0.333 e. The van der Waals surface area contributed by atoms with Gasteiger partial charge in [0.25, 0.3) is 11.8 Å². The third-order valence-corrected chi connectivity index (χ3v) is 10.1. The van der Waals surface area contributed by atoms with E-state index in [4.69, 9.17) is 4.74 Å². The number of nitrogens with zero attached hydrogens (tertiary/aromatic N) is 5. The highest BCUT2D eigenvalue weighted by molar-refractivity contribution is 9.10. The summed E-state index contributed by atoms with van der Waals surface area (Å²) >= 11 is 3.50. The Labute approximate surface area is 291 Å². The lowest BCUT2D eigenvalue weighted by molar-refractivity contribution is 0.0610. The lowest BCUT2D eigenvalue weighted by Crippen LogP contribution is -2.47. The van der Waals surface area contributed by atoms with Gasteiger partial charge in [0.15, 0.2) is 0 Å². The highest BCUT2D eigenvalue weighted by Crippen LogP contribution is 2.35. The first kappa shape index (κ1) is 32.5. The van der Waals surface area contributed by atoms with Crippen LogP contribution in [0.25, 0.3) is 16.9 Å². The van der Waals surface area contributed by atoms with Crippen molar-refractivity contribution in [3.05, 3.63) is 128 Å². The van der Waals surface area contributed by atoms with Gasteiger partial charge in [0.05, 0.1) is 29.2 Å². The fourth-order valence-corrected chi connectivity index (χ4v) is 6.38. The first-order chi connectivity index (χ1) is 23.6. The number of halogens is 1. The first-order valence-electron chi connectivity index (χ1n) is 16.1. The fraction of sp³-hybridized carbons (Fsp3) is 0.270. The molecule has 3 heterocycles. The van der Waals surface area contributed by atoms with E-state index in [0.29, 0.717) is 35.5 Å². The molecule has 1 aliphatic heterocycles. The van der Waals surface area contributed by atoms with Crippen LogP contribution in [0.15, 0.2) is 94.6 Å². The number of aryl methyl sites for hydroxylation is 1. The van der Waals surface area contributed by atoms with Crippen molar-refractivity contribution in [2.75, 3.05) is 6.61 Å². The molecule has 5 aromatic rings. The lowest BCUT2D eigenvalue weighted by atomic mass is 10.0. The molecule has 2 amide bonds. The Hall–Kier alpha value is -5.07. The number of carbonyl (C=O) groups excluding carboxylic acids is 2. The summed E-state index contributed by atoms with van der Waals surface area (Å²) in [6.07, 6.45) is 4.55. The van der Waals surface area contributed by atoms with Gasteiger partial charge >= 0.3 is 5.69 Å². The molecule has 7 rings (SSSR count). The summed E-state index contributed by atoms with van der Waals surface area (Å²) in [6.45, 7) is 4.48. The molecule has 11 nitrogen and oxygen atoms in total. The molecule has 3 aromatic carbocycles. The van der Waals surface area contributed by atoms with Crippen LogP contribution in [0, 0.1) is 6.92 Å². The molecule has 2 aliphatic rings. The second-order valence-electron chi connectivity index (χ2n) is 12.7. The highest BCUT2D eigenvalue weighted by atomic mass is 79.9. The molecule has 1 saturated carbocycles. The fourth-order valence-electron chi connectivity index (χ4n) is 6.14. The second kappa shape index (κ2) is 13.1. The van der Waals surface area contributed by atoms with Crippen LogP contribution in [-0.4, -0.2) is 59.2 Å². The van der Waals surface area contributed by atoms with Crippen LogP contribution >= 0.6 is 15.9 Å². The zero-order valence-electron chi connectivity index (χ0n) is 27.1. The van der Waals surface area contributed by atoms with Crippen molar-refractivity contribution in [3.63, 3.8) is 0 Å². The van der Waals surface area contributed by atoms with Crippen LogP contribution < -0.4 is 15.7 Å². The molecular weight excluding hydrogens is 688 g/mol. The van der Waals surface area contributed by atoms with Crippen LogP contribution in [-0.2, 0) is 19.6 Å². The first-order valence-corrected chi connectivity index (χ1v) is 16.9. The number of fused-ring (bicyclic) bond motifs is 1. The quantitative estimate of drug-likeness (QED) is 0.218. The van der Waals surface area contributed by atoms with Crippen LogP contribution in [0.4, 0.5) is 0 Å². The van der Waals surface area contributed by atoms with Gasteiger partial charge in [0.2, 0.25) is 0 Å². The van der Waals surface area contributed by atoms with E-state index in [-0.39, 0.29) is 49.6 Å². The standard InChI is InChI=1S/C37H35BrN6O5/c1-23-17-25(7-12-30(23)38)35(46)42-20-32-33(34(45)40-18-26-5-3-4-6-29(26)31-13-16-39-22-41-31)44(36(47)43(32)19-24(42)2)27-8-10-28(11-9-27)49-21-37(48)14-15-37/h3-13,16-17,22,24,48H,14-15,18-21H2,1-2H3,(H,40,45)/t24-/m0/s1. The van der Waals surface area contributed by atoms with Crippen molar-refractivity contribution in [3.8, 4) is 22.7 Å². The molecule has 0 spiro atoms. The van der Waals surface area contributed by atoms with Crippen LogP contribution in [0.2, 0.25) is 0 Å². The minimum absolute atomic E-state index is 0.0669. The summed E-state index contributed by atoms with van der Waals surface area (Å²) in [6, 6.07) is 21.5. The van der Waals surface area contributed by atoms with Crippen LogP contribution in [0.3, 0.4) is 0 Å². The maximum Gasteiger partial charge on any atom is 0.333 e. The van der Waals surface area contributed by atoms with Crippen molar-refractivity contribution in [2.45, 2.75) is 58.0 Å². The molecule has 2 N–H and O–H groups in total. The van der Waals surface area contributed by atoms with Gasteiger partial charge in [0, 0.05) is 40.9 Å². The molecule has 49 heavy (non-hydrogen) atoms. The topological polar surface area (TPSA) is 132 Å². The number of aliphatic hydroxyl groups is 1. The van der Waals surface area contributed by atoms with Gasteiger partial charge < -0.3 is 20.1 Å². The maximum absolute atomic E-state index is 14.3. The SMILES string of the molecule is Cc1cc(C(=O)N2Cc3c(C(=O)NCc4ccccc4-c4ccncn4)n(-c4ccc(OCC5(O)CC5)cc4)c(=O)n3C[C@@H]2C)ccc1Br. The number of hydrogen-bond acceptors (Lipinski definition) is 7. The van der Waals surface area contributed by atoms with E-state index in [9.17, 15) is 19.5 Å². The average Bonchev–Trinajstić information content (AvgIpc) is 3.80. The average molecular weight is 724 g/mol. The molecule has 0 saturated heterocycles. The normalized spacial score (nSPS) is 16.2. The minimum Gasteiger partial charge on any atom is -0.491 e. The van der Waals surface area contributed by atoms with E-state index in [0.717, 1.165) is 26.9 Å². The van der Waals surface area contributed by atoms with Crippen molar-refractivity contribution in [1.82, 2.24) is 29.3 Å². The number of amides is 2. The summed E-state index contributed by atoms with van der Waals surface area (Å²) in [7, 11) is 0. The van der Waals surface area contributed by atoms with E-state index in [1.807, 2.05) is 50.2 Å². The van der Waals surface area contributed by atoms with E-state index in [1.54, 1.807) is 52.1 Å². The van der Waals surface area contributed by atoms with E-state index in [1.165, 1.54) is 10.9 Å². The molecule has 1 fully saturated rings. The zero-order valence-corrected chi connectivity index (χ0v) is 28.7. The predicted octanol–water partition coefficient (Wildman–Crippen LogP) is 5.05. The molecule has 12 heteroatoms. The Morgan fingerprint density at radius 2 is 1.86 bits per heavy atom. The second-order valence-corrected chi connectivity index (χ2v) is 13.6. The molecule has 0 radical (unpaired) electrons. The number of rotatable bonds is 9. The van der Waals surface area contributed by atoms with E-state index in [2.05, 4.69) is 31.2 Å². The molecular formula is C37H35BrN6O5. The van der Waals surface area contributed by atoms with Crippen molar-refractivity contribution < 1.29 is 19.4 Å². The highest BCUT2D eigenvalue weighted by Gasteiger charge is 2.41. The van der Waals surface area contributed by atoms with Crippen molar-refractivity contribution >= 4 is 27.7 Å². The van der Waals surface area contributed by atoms with Crippen molar-refractivity contribution in [2.24, 2.45) is 0 Å². The van der Waals surface area contributed by atoms with Gasteiger partial charge in [0.1, 0.15) is 24.4 Å². The summed E-state index contributed by atoms with van der Waals surface area (Å²) in [5, 5.41) is 13.2. The monoisotopic (exact) mass is 722 g/mol. The third-order valence-electron chi connectivity index (χ3n) is 9.17. The number of nitrogens with one attached hydrogen (secondary N) is 1. The Kier molecular flexibility index (Phi) is 8.68. The van der Waals surface area contributed by atoms with E-state index >= 15 is 0 Å². The number of hydrogen-bond donors (Lipinski definition) is 2. The number of benzene rings is 3. The number of aromatic nitrogens is 4. The lowest BCUT2D eigenvalue weighted by Gasteiger charge is -2.34. The Morgan fingerprint density at radius 1 is 1.08 bits per heavy atom. The van der Waals surface area contributed by atoms with Gasteiger partial charge in [-0.05, 0) is 86.3 Å². The molecule has 2 aromatic heterocycles. The third kappa shape index (κ3) is 6.53. The van der Waals surface area contributed by atoms with Gasteiger partial charge in [-0.3, -0.25) is 18.7 Å². The molecule has 0 unspecified atom stereocenters. The summed E-state index contributed by atoms with van der Waals surface area (Å²) in [4.78, 5) is 52.4. The van der Waals surface area contributed by atoms with E-state index < -0.39 is 11.5 Å². The Morgan fingerprint density at radius 3 is 2.57 bits per heavy atom. The number of carbonyl (C=O) groups is 2. The van der Waals surface area contributed by atoms with Crippen molar-refractivity contribution in [1.29, 1.82) is 0 Å². The Balaban J connectivity index is 1.24. The molecule has 0 bridgehead atoms. The Bertz CT molecular complexity index is 2110. The predicted molar refractivity (Wildman–Crippen MR) is 187 cm³/mol. The van der Waals surface area contributed by atoms with Gasteiger partial charge in [-0.15, -0.1) is 0 Å². The summed E-state index contributed by atoms with van der Waals surface area (Å²) in [5.41, 5.74) is 3.80. The van der Waals surface area contributed by atoms with Crippen LogP contribution in [0.5, 0.6) is 5.75 Å². The molecule has 250 valence electrons. The summed E-state index contributed by atoms with van der Waals surface area (Å²) < 4.78 is 9.69. The summed E-state index contributed by atoms with van der Waals surface area (Å²) in [5.74, 6) is -0.0943. The largest absolute Gasteiger partial charge is 0.491 e. The number of ether oxygens (including phenoxy) is 1. The zero-order chi connectivity index (χ0) is 34.3. The maximum atomic E-state index is 14.3. The van der Waals surface area contributed by atoms with Crippen LogP contribution in [0.1, 0.15) is 57.4 Å².